The lowest BCUT2D eigenvalue weighted by molar-refractivity contribution is -0.124. The first-order valence-electron chi connectivity index (χ1n) is 9.27. The number of halogens is 3. The Bertz CT molecular complexity index is 1010. The van der Waals surface area contributed by atoms with Crippen LogP contribution in [-0.4, -0.2) is 15.3 Å². The summed E-state index contributed by atoms with van der Waals surface area (Å²) < 4.78 is 2.81. The van der Waals surface area contributed by atoms with Gasteiger partial charge in [-0.15, -0.1) is 0 Å². The van der Waals surface area contributed by atoms with Crippen molar-refractivity contribution in [3.05, 3.63) is 56.7 Å². The van der Waals surface area contributed by atoms with Gasteiger partial charge in [0.25, 0.3) is 0 Å². The van der Waals surface area contributed by atoms with Crippen molar-refractivity contribution in [3.63, 3.8) is 0 Å². The highest BCUT2D eigenvalue weighted by molar-refractivity contribution is 9.10. The Hall–Kier alpha value is -1.56. The van der Waals surface area contributed by atoms with E-state index in [0.717, 1.165) is 28.6 Å². The van der Waals surface area contributed by atoms with Crippen LogP contribution in [0, 0.1) is 0 Å². The van der Waals surface area contributed by atoms with Crippen LogP contribution in [0.25, 0.3) is 16.9 Å². The zero-order chi connectivity index (χ0) is 20.5. The maximum atomic E-state index is 12.9. The van der Waals surface area contributed by atoms with E-state index in [2.05, 4.69) is 29.8 Å². The monoisotopic (exact) mass is 481 g/mol. The zero-order valence-corrected chi connectivity index (χ0v) is 18.9. The van der Waals surface area contributed by atoms with Crippen molar-refractivity contribution in [1.82, 2.24) is 9.38 Å². The second-order valence-corrected chi connectivity index (χ2v) is 8.72. The molecular weight excluding hydrogens is 461 g/mol. The van der Waals surface area contributed by atoms with Gasteiger partial charge in [-0.05, 0) is 31.0 Å². The molecule has 0 radical (unpaired) electrons. The molecule has 0 aliphatic carbocycles. The number of aromatic nitrogens is 2. The predicted molar refractivity (Wildman–Crippen MR) is 119 cm³/mol. The van der Waals surface area contributed by atoms with Gasteiger partial charge in [-0.25, -0.2) is 4.98 Å². The average molecular weight is 483 g/mol. The maximum Gasteiger partial charge on any atom is 0.229 e. The number of fused-ring (bicyclic) bond motifs is 1. The van der Waals surface area contributed by atoms with Crippen LogP contribution in [0.2, 0.25) is 10.0 Å². The molecule has 0 aliphatic heterocycles. The van der Waals surface area contributed by atoms with Gasteiger partial charge in [0.2, 0.25) is 5.91 Å². The molecular formula is C21H22BrCl2N3O. The van der Waals surface area contributed by atoms with Gasteiger partial charge in [-0.1, -0.05) is 78.0 Å². The van der Waals surface area contributed by atoms with E-state index in [1.165, 1.54) is 0 Å². The van der Waals surface area contributed by atoms with E-state index in [9.17, 15) is 4.79 Å². The van der Waals surface area contributed by atoms with Gasteiger partial charge < -0.3 is 5.73 Å². The van der Waals surface area contributed by atoms with E-state index < -0.39 is 5.41 Å². The molecule has 2 heterocycles. The van der Waals surface area contributed by atoms with Gasteiger partial charge in [-0.2, -0.15) is 0 Å². The summed E-state index contributed by atoms with van der Waals surface area (Å²) in [7, 11) is 0. The molecule has 2 aromatic heterocycles. The lowest BCUT2D eigenvalue weighted by atomic mass is 9.74. The van der Waals surface area contributed by atoms with Crippen LogP contribution in [0.3, 0.4) is 0 Å². The summed E-state index contributed by atoms with van der Waals surface area (Å²) in [5, 5.41) is 0.911. The van der Waals surface area contributed by atoms with Crippen LogP contribution < -0.4 is 5.73 Å². The summed E-state index contributed by atoms with van der Waals surface area (Å²) >= 11 is 16.2. The van der Waals surface area contributed by atoms with Crippen LogP contribution in [0.15, 0.2) is 41.0 Å². The molecule has 0 fully saturated rings. The van der Waals surface area contributed by atoms with Crippen LogP contribution in [0.5, 0.6) is 0 Å². The van der Waals surface area contributed by atoms with E-state index >= 15 is 0 Å². The first-order chi connectivity index (χ1) is 13.3. The number of primary amides is 1. The number of nitrogens with two attached hydrogens (primary N) is 1. The predicted octanol–water partition coefficient (Wildman–Crippen LogP) is 6.39. The Morgan fingerprint density at radius 1 is 1.18 bits per heavy atom. The molecule has 28 heavy (non-hydrogen) atoms. The number of pyridine rings is 1. The minimum atomic E-state index is -0.862. The molecule has 0 atom stereocenters. The second kappa shape index (κ2) is 8.44. The first-order valence-corrected chi connectivity index (χ1v) is 10.8. The van der Waals surface area contributed by atoms with Crippen molar-refractivity contribution in [1.29, 1.82) is 0 Å². The van der Waals surface area contributed by atoms with Crippen molar-refractivity contribution in [2.45, 2.75) is 44.9 Å². The molecule has 0 saturated carbocycles. The zero-order valence-electron chi connectivity index (χ0n) is 15.8. The Kier molecular flexibility index (Phi) is 6.37. The van der Waals surface area contributed by atoms with Gasteiger partial charge in [0.15, 0.2) is 5.65 Å². The topological polar surface area (TPSA) is 60.4 Å². The van der Waals surface area contributed by atoms with Gasteiger partial charge in [0, 0.05) is 16.2 Å². The summed E-state index contributed by atoms with van der Waals surface area (Å²) in [5.41, 5.74) is 8.08. The van der Waals surface area contributed by atoms with Crippen LogP contribution in [-0.2, 0) is 10.2 Å². The molecule has 7 heteroatoms. The molecule has 2 N–H and O–H groups in total. The fraction of sp³-hybridized carbons (Fsp3) is 0.333. The SMILES string of the molecule is CCCC(CCC)(C(N)=O)c1c(-c2ccc(Br)cc2)nc2c(Cl)cc(Cl)cn12. The summed E-state index contributed by atoms with van der Waals surface area (Å²) in [5.74, 6) is -0.354. The molecule has 0 aliphatic rings. The molecule has 3 aromatic rings. The Morgan fingerprint density at radius 2 is 1.79 bits per heavy atom. The van der Waals surface area contributed by atoms with E-state index in [0.29, 0.717) is 34.2 Å². The van der Waals surface area contributed by atoms with Crippen molar-refractivity contribution in [2.24, 2.45) is 5.73 Å². The van der Waals surface area contributed by atoms with E-state index in [-0.39, 0.29) is 5.91 Å². The molecule has 4 nitrogen and oxygen atoms in total. The molecule has 1 amide bonds. The van der Waals surface area contributed by atoms with Crippen LogP contribution >= 0.6 is 39.1 Å². The minimum absolute atomic E-state index is 0.354. The number of hydrogen-bond donors (Lipinski definition) is 1. The molecule has 1 aromatic carbocycles. The van der Waals surface area contributed by atoms with E-state index in [1.807, 2.05) is 28.7 Å². The third-order valence-corrected chi connectivity index (χ3v) is 6.05. The van der Waals surface area contributed by atoms with Gasteiger partial charge in [-0.3, -0.25) is 9.20 Å². The maximum absolute atomic E-state index is 12.9. The molecule has 148 valence electrons. The Morgan fingerprint density at radius 3 is 2.32 bits per heavy atom. The standard InChI is InChI=1S/C21H22BrCl2N3O/c1-3-9-21(10-4-2,20(25)28)18-17(13-5-7-14(22)8-6-13)26-19-16(24)11-15(23)12-27(18)19/h5-8,11-12H,3-4,9-10H2,1-2H3,(H2,25,28). The lowest BCUT2D eigenvalue weighted by Gasteiger charge is -2.31. The quantitative estimate of drug-likeness (QED) is 0.423. The number of carbonyl (C=O) groups is 1. The van der Waals surface area contributed by atoms with Crippen LogP contribution in [0.4, 0.5) is 0 Å². The van der Waals surface area contributed by atoms with Gasteiger partial charge >= 0.3 is 0 Å². The number of imidazole rings is 1. The van der Waals surface area contributed by atoms with Crippen LogP contribution in [0.1, 0.15) is 45.2 Å². The lowest BCUT2D eigenvalue weighted by Crippen LogP contribution is -2.42. The number of hydrogen-bond acceptors (Lipinski definition) is 2. The van der Waals surface area contributed by atoms with E-state index in [4.69, 9.17) is 33.9 Å². The highest BCUT2D eigenvalue weighted by atomic mass is 79.9. The van der Waals surface area contributed by atoms with Crippen molar-refractivity contribution < 1.29 is 4.79 Å². The van der Waals surface area contributed by atoms with Crippen molar-refractivity contribution >= 4 is 50.7 Å². The first kappa shape index (κ1) is 21.2. The fourth-order valence-corrected chi connectivity index (χ4v) is 4.70. The smallest absolute Gasteiger partial charge is 0.229 e. The third kappa shape index (κ3) is 3.68. The Labute approximate surface area is 183 Å². The molecule has 0 saturated heterocycles. The number of rotatable bonds is 7. The Balaban J connectivity index is 2.45. The molecule has 0 spiro atoms. The van der Waals surface area contributed by atoms with E-state index in [1.54, 1.807) is 12.3 Å². The largest absolute Gasteiger partial charge is 0.369 e. The number of carbonyl (C=O) groups excluding carboxylic acids is 1. The highest BCUT2D eigenvalue weighted by Crippen LogP contribution is 2.42. The molecule has 0 bridgehead atoms. The number of amides is 1. The van der Waals surface area contributed by atoms with Gasteiger partial charge in [0.1, 0.15) is 0 Å². The summed E-state index contributed by atoms with van der Waals surface area (Å²) in [6, 6.07) is 9.49. The summed E-state index contributed by atoms with van der Waals surface area (Å²) in [6.45, 7) is 4.10. The van der Waals surface area contributed by atoms with Gasteiger partial charge in [0.05, 0.1) is 26.8 Å². The third-order valence-electron chi connectivity index (χ3n) is 5.04. The second-order valence-electron chi connectivity index (χ2n) is 6.96. The van der Waals surface area contributed by atoms with Crippen molar-refractivity contribution in [3.8, 4) is 11.3 Å². The highest BCUT2D eigenvalue weighted by Gasteiger charge is 2.42. The van der Waals surface area contributed by atoms with Crippen molar-refractivity contribution in [2.75, 3.05) is 0 Å². The average Bonchev–Trinajstić information content (AvgIpc) is 3.02. The summed E-state index contributed by atoms with van der Waals surface area (Å²) in [4.78, 5) is 17.7. The number of nitrogens with zero attached hydrogens (tertiary/aromatic N) is 2. The molecule has 0 unspecified atom stereocenters. The fourth-order valence-electron chi connectivity index (χ4n) is 3.92. The minimum Gasteiger partial charge on any atom is -0.369 e. The molecule has 3 rings (SSSR count). The number of benzene rings is 1. The normalized spacial score (nSPS) is 11.9. The summed E-state index contributed by atoms with van der Waals surface area (Å²) in [6.07, 6.45) is 4.63.